The Hall–Kier alpha value is -2.50. The van der Waals surface area contributed by atoms with Gasteiger partial charge in [-0.15, -0.1) is 10.2 Å². The number of nitrogens with two attached hydrogens (primary N) is 1. The maximum absolute atomic E-state index is 13.1. The van der Waals surface area contributed by atoms with E-state index in [4.69, 9.17) is 5.73 Å². The number of nitrogen functional groups attached to an aromatic ring is 1. The fourth-order valence-electron chi connectivity index (χ4n) is 1.63. The molecule has 0 aliphatic heterocycles. The van der Waals surface area contributed by atoms with Crippen LogP contribution in [0.25, 0.3) is 17.0 Å². The molecule has 1 aromatic carbocycles. The lowest BCUT2D eigenvalue weighted by Crippen LogP contribution is -1.94. The van der Waals surface area contributed by atoms with E-state index in [-0.39, 0.29) is 5.69 Å². The summed E-state index contributed by atoms with van der Waals surface area (Å²) in [7, 11) is 0. The largest absolute Gasteiger partial charge is 0.396 e. The van der Waals surface area contributed by atoms with E-state index in [9.17, 15) is 4.39 Å². The first kappa shape index (κ1) is 9.71. The molecule has 0 spiro atoms. The zero-order valence-corrected chi connectivity index (χ0v) is 8.71. The van der Waals surface area contributed by atoms with Gasteiger partial charge in [0.25, 0.3) is 0 Å². The van der Waals surface area contributed by atoms with Crippen LogP contribution >= 0.6 is 0 Å². The summed E-state index contributed by atoms with van der Waals surface area (Å²) in [6, 6.07) is 6.18. The fourth-order valence-corrected chi connectivity index (χ4v) is 1.63. The Labute approximate surface area is 95.7 Å². The quantitative estimate of drug-likeness (QED) is 0.642. The fraction of sp³-hybridized carbons (Fsp3) is 0. The van der Waals surface area contributed by atoms with Gasteiger partial charge in [-0.05, 0) is 18.2 Å². The molecule has 6 heteroatoms. The number of hydrogen-bond acceptors (Lipinski definition) is 4. The average Bonchev–Trinajstić information content (AvgIpc) is 2.76. The van der Waals surface area contributed by atoms with Crippen molar-refractivity contribution >= 4 is 11.3 Å². The van der Waals surface area contributed by atoms with Crippen LogP contribution in [0.15, 0.2) is 36.8 Å². The molecule has 0 amide bonds. The Morgan fingerprint density at radius 1 is 1.18 bits per heavy atom. The molecule has 0 saturated carbocycles. The van der Waals surface area contributed by atoms with Crippen molar-refractivity contribution in [3.8, 4) is 11.4 Å². The van der Waals surface area contributed by atoms with E-state index in [1.165, 1.54) is 12.1 Å². The van der Waals surface area contributed by atoms with Crippen molar-refractivity contribution in [2.45, 2.75) is 0 Å². The number of nitrogens with zero attached hydrogens (tertiary/aromatic N) is 4. The van der Waals surface area contributed by atoms with Gasteiger partial charge in [0.2, 0.25) is 0 Å². The molecule has 0 unspecified atom stereocenters. The molecule has 0 bridgehead atoms. The number of benzene rings is 1. The van der Waals surface area contributed by atoms with Crippen molar-refractivity contribution in [2.24, 2.45) is 0 Å². The summed E-state index contributed by atoms with van der Waals surface area (Å²) < 4.78 is 14.8. The zero-order chi connectivity index (χ0) is 11.8. The van der Waals surface area contributed by atoms with Crippen molar-refractivity contribution in [1.29, 1.82) is 0 Å². The minimum Gasteiger partial charge on any atom is -0.396 e. The molecule has 0 fully saturated rings. The second kappa shape index (κ2) is 3.51. The number of hydrogen-bond donors (Lipinski definition) is 1. The van der Waals surface area contributed by atoms with Crippen molar-refractivity contribution in [1.82, 2.24) is 19.6 Å². The Morgan fingerprint density at radius 2 is 2.06 bits per heavy atom. The van der Waals surface area contributed by atoms with Gasteiger partial charge in [-0.1, -0.05) is 0 Å². The molecule has 0 radical (unpaired) electrons. The molecule has 0 aliphatic carbocycles. The molecule has 84 valence electrons. The van der Waals surface area contributed by atoms with E-state index in [0.29, 0.717) is 17.0 Å². The van der Waals surface area contributed by atoms with Crippen LogP contribution in [0.1, 0.15) is 0 Å². The Morgan fingerprint density at radius 3 is 2.88 bits per heavy atom. The first-order valence-corrected chi connectivity index (χ1v) is 4.96. The molecule has 0 atom stereocenters. The molecule has 3 rings (SSSR count). The number of halogens is 1. The second-order valence-corrected chi connectivity index (χ2v) is 3.57. The van der Waals surface area contributed by atoms with Crippen LogP contribution < -0.4 is 5.73 Å². The van der Waals surface area contributed by atoms with E-state index in [1.807, 2.05) is 0 Å². The molecule has 2 heterocycles. The summed E-state index contributed by atoms with van der Waals surface area (Å²) in [5, 5.41) is 8.02. The molecule has 3 aromatic rings. The number of rotatable bonds is 1. The SMILES string of the molecule is Nc1cc(-c2nnc3ccncn23)ccc1F. The lowest BCUT2D eigenvalue weighted by atomic mass is 10.2. The van der Waals surface area contributed by atoms with Gasteiger partial charge in [-0.25, -0.2) is 9.37 Å². The minimum atomic E-state index is -0.444. The highest BCUT2D eigenvalue weighted by Crippen LogP contribution is 2.21. The van der Waals surface area contributed by atoms with Crippen LogP contribution in [-0.2, 0) is 0 Å². The van der Waals surface area contributed by atoms with Crippen LogP contribution in [-0.4, -0.2) is 19.6 Å². The van der Waals surface area contributed by atoms with Gasteiger partial charge in [0, 0.05) is 17.8 Å². The monoisotopic (exact) mass is 229 g/mol. The van der Waals surface area contributed by atoms with Gasteiger partial charge in [0.1, 0.15) is 12.1 Å². The van der Waals surface area contributed by atoms with Crippen LogP contribution in [0.4, 0.5) is 10.1 Å². The molecular formula is C11H8FN5. The molecular weight excluding hydrogens is 221 g/mol. The maximum Gasteiger partial charge on any atom is 0.169 e. The maximum atomic E-state index is 13.1. The van der Waals surface area contributed by atoms with Gasteiger partial charge in [0.05, 0.1) is 5.69 Å². The summed E-state index contributed by atoms with van der Waals surface area (Å²) in [6.45, 7) is 0. The summed E-state index contributed by atoms with van der Waals surface area (Å²) in [5.41, 5.74) is 6.99. The first-order valence-electron chi connectivity index (χ1n) is 4.96. The van der Waals surface area contributed by atoms with E-state index in [0.717, 1.165) is 0 Å². The molecule has 2 N–H and O–H groups in total. The number of anilines is 1. The van der Waals surface area contributed by atoms with E-state index in [1.54, 1.807) is 29.1 Å². The van der Waals surface area contributed by atoms with E-state index >= 15 is 0 Å². The Kier molecular flexibility index (Phi) is 2.01. The molecule has 2 aromatic heterocycles. The summed E-state index contributed by atoms with van der Waals surface area (Å²) in [5.74, 6) is 0.139. The van der Waals surface area contributed by atoms with Gasteiger partial charge in [-0.2, -0.15) is 0 Å². The summed E-state index contributed by atoms with van der Waals surface area (Å²) in [4.78, 5) is 3.99. The van der Waals surface area contributed by atoms with Crippen molar-refractivity contribution in [3.63, 3.8) is 0 Å². The standard InChI is InChI=1S/C11H8FN5/c12-8-2-1-7(5-9(8)13)11-16-15-10-3-4-14-6-17(10)11/h1-6H,13H2. The van der Waals surface area contributed by atoms with Crippen LogP contribution in [0.5, 0.6) is 0 Å². The minimum absolute atomic E-state index is 0.0862. The summed E-state index contributed by atoms with van der Waals surface area (Å²) in [6.07, 6.45) is 3.23. The second-order valence-electron chi connectivity index (χ2n) is 3.57. The van der Waals surface area contributed by atoms with Crippen LogP contribution in [0.2, 0.25) is 0 Å². The summed E-state index contributed by atoms with van der Waals surface area (Å²) >= 11 is 0. The van der Waals surface area contributed by atoms with Crippen LogP contribution in [0, 0.1) is 5.82 Å². The molecule has 0 saturated heterocycles. The predicted octanol–water partition coefficient (Wildman–Crippen LogP) is 1.51. The molecule has 0 aliphatic rings. The Bertz CT molecular complexity index is 691. The highest BCUT2D eigenvalue weighted by Gasteiger charge is 2.09. The lowest BCUT2D eigenvalue weighted by molar-refractivity contribution is 0.632. The normalized spacial score (nSPS) is 10.9. The van der Waals surface area contributed by atoms with Crippen molar-refractivity contribution in [3.05, 3.63) is 42.6 Å². The number of aromatic nitrogens is 4. The lowest BCUT2D eigenvalue weighted by Gasteiger charge is -2.01. The molecule has 17 heavy (non-hydrogen) atoms. The van der Waals surface area contributed by atoms with Gasteiger partial charge >= 0.3 is 0 Å². The third-order valence-electron chi connectivity index (χ3n) is 2.47. The highest BCUT2D eigenvalue weighted by molar-refractivity contribution is 5.63. The Balaban J connectivity index is 2.24. The average molecular weight is 229 g/mol. The first-order chi connectivity index (χ1) is 8.25. The topological polar surface area (TPSA) is 69.1 Å². The predicted molar refractivity (Wildman–Crippen MR) is 60.6 cm³/mol. The van der Waals surface area contributed by atoms with Crippen molar-refractivity contribution in [2.75, 3.05) is 5.73 Å². The van der Waals surface area contributed by atoms with Gasteiger partial charge in [-0.3, -0.25) is 4.40 Å². The van der Waals surface area contributed by atoms with Gasteiger partial charge < -0.3 is 5.73 Å². The van der Waals surface area contributed by atoms with E-state index in [2.05, 4.69) is 15.2 Å². The smallest absolute Gasteiger partial charge is 0.169 e. The third kappa shape index (κ3) is 1.50. The van der Waals surface area contributed by atoms with Gasteiger partial charge in [0.15, 0.2) is 11.5 Å². The zero-order valence-electron chi connectivity index (χ0n) is 8.71. The highest BCUT2D eigenvalue weighted by atomic mass is 19.1. The van der Waals surface area contributed by atoms with E-state index < -0.39 is 5.82 Å². The third-order valence-corrected chi connectivity index (χ3v) is 2.47. The van der Waals surface area contributed by atoms with Crippen LogP contribution in [0.3, 0.4) is 0 Å². The van der Waals surface area contributed by atoms with Crippen molar-refractivity contribution < 1.29 is 4.39 Å². The molecule has 5 nitrogen and oxygen atoms in total. The number of fused-ring (bicyclic) bond motifs is 1.